The summed E-state index contributed by atoms with van der Waals surface area (Å²) < 4.78 is 2.39. The molecule has 0 amide bonds. The lowest BCUT2D eigenvalue weighted by Gasteiger charge is -2.19. The SMILES string of the molecule is CC(C)(C)c1cccc2c1sc1cc(B(O)O)ccc12. The third-order valence-electron chi connectivity index (χ3n) is 3.63. The van der Waals surface area contributed by atoms with Gasteiger partial charge < -0.3 is 10.0 Å². The fourth-order valence-electron chi connectivity index (χ4n) is 2.57. The van der Waals surface area contributed by atoms with Crippen molar-refractivity contribution in [1.82, 2.24) is 0 Å². The van der Waals surface area contributed by atoms with Crippen molar-refractivity contribution in [3.8, 4) is 0 Å². The molecule has 0 saturated carbocycles. The minimum Gasteiger partial charge on any atom is -0.423 e. The molecule has 3 rings (SSSR count). The van der Waals surface area contributed by atoms with E-state index in [-0.39, 0.29) is 5.41 Å². The smallest absolute Gasteiger partial charge is 0.423 e. The van der Waals surface area contributed by atoms with E-state index in [1.165, 1.54) is 21.0 Å². The first kappa shape index (κ1) is 13.6. The summed E-state index contributed by atoms with van der Waals surface area (Å²) in [4.78, 5) is 0. The lowest BCUT2D eigenvalue weighted by molar-refractivity contribution is 0.426. The molecule has 102 valence electrons. The van der Waals surface area contributed by atoms with Crippen LogP contribution in [0.3, 0.4) is 0 Å². The molecule has 0 radical (unpaired) electrons. The fraction of sp³-hybridized carbons (Fsp3) is 0.250. The summed E-state index contributed by atoms with van der Waals surface area (Å²) in [5.74, 6) is 0. The van der Waals surface area contributed by atoms with Gasteiger partial charge in [0, 0.05) is 20.2 Å². The van der Waals surface area contributed by atoms with Gasteiger partial charge in [-0.3, -0.25) is 0 Å². The minimum atomic E-state index is -1.41. The van der Waals surface area contributed by atoms with Gasteiger partial charge in [0.2, 0.25) is 0 Å². The van der Waals surface area contributed by atoms with E-state index < -0.39 is 7.12 Å². The van der Waals surface area contributed by atoms with Crippen LogP contribution in [0.4, 0.5) is 0 Å². The standard InChI is InChI=1S/C16H17BO2S/c1-16(2,3)13-6-4-5-12-11-8-7-10(17(18)19)9-14(11)20-15(12)13/h4-9,18-19H,1-3H3. The van der Waals surface area contributed by atoms with E-state index in [2.05, 4.69) is 39.0 Å². The Morgan fingerprint density at radius 3 is 2.40 bits per heavy atom. The van der Waals surface area contributed by atoms with E-state index in [1.54, 1.807) is 17.4 Å². The Hall–Kier alpha value is -1.36. The molecular weight excluding hydrogens is 267 g/mol. The van der Waals surface area contributed by atoms with Gasteiger partial charge in [0.1, 0.15) is 0 Å². The normalized spacial score (nSPS) is 12.2. The first-order chi connectivity index (χ1) is 9.38. The molecular formula is C16H17BO2S. The molecule has 2 N–H and O–H groups in total. The van der Waals surface area contributed by atoms with Crippen LogP contribution in [0.1, 0.15) is 26.3 Å². The first-order valence-corrected chi connectivity index (χ1v) is 7.51. The Kier molecular flexibility index (Phi) is 3.12. The van der Waals surface area contributed by atoms with Crippen LogP contribution < -0.4 is 5.46 Å². The lowest BCUT2D eigenvalue weighted by Crippen LogP contribution is -2.29. The summed E-state index contributed by atoms with van der Waals surface area (Å²) in [6, 6.07) is 12.1. The van der Waals surface area contributed by atoms with Crippen LogP contribution in [0.5, 0.6) is 0 Å². The predicted molar refractivity (Wildman–Crippen MR) is 87.9 cm³/mol. The lowest BCUT2D eigenvalue weighted by atomic mass is 9.80. The average Bonchev–Trinajstić information content (AvgIpc) is 2.74. The molecule has 1 aromatic heterocycles. The molecule has 0 saturated heterocycles. The molecule has 0 fully saturated rings. The highest BCUT2D eigenvalue weighted by atomic mass is 32.1. The topological polar surface area (TPSA) is 40.5 Å². The number of rotatable bonds is 1. The zero-order chi connectivity index (χ0) is 14.5. The van der Waals surface area contributed by atoms with Gasteiger partial charge >= 0.3 is 7.12 Å². The molecule has 3 aromatic rings. The predicted octanol–water partition coefficient (Wildman–Crippen LogP) is 3.03. The Bertz CT molecular complexity index is 784. The summed E-state index contributed by atoms with van der Waals surface area (Å²) in [5.41, 5.74) is 1.98. The number of hydrogen-bond acceptors (Lipinski definition) is 3. The van der Waals surface area contributed by atoms with Gasteiger partial charge in [0.05, 0.1) is 0 Å². The van der Waals surface area contributed by atoms with Crippen molar-refractivity contribution in [1.29, 1.82) is 0 Å². The van der Waals surface area contributed by atoms with Gasteiger partial charge in [0.25, 0.3) is 0 Å². The highest BCUT2D eigenvalue weighted by molar-refractivity contribution is 7.26. The van der Waals surface area contributed by atoms with Crippen molar-refractivity contribution in [2.45, 2.75) is 26.2 Å². The third-order valence-corrected chi connectivity index (χ3v) is 4.83. The second-order valence-corrected chi connectivity index (χ2v) is 7.22. The summed E-state index contributed by atoms with van der Waals surface area (Å²) in [7, 11) is -1.41. The summed E-state index contributed by atoms with van der Waals surface area (Å²) >= 11 is 1.72. The highest BCUT2D eigenvalue weighted by Gasteiger charge is 2.20. The Morgan fingerprint density at radius 1 is 1.00 bits per heavy atom. The largest absolute Gasteiger partial charge is 0.488 e. The number of fused-ring (bicyclic) bond motifs is 3. The second kappa shape index (κ2) is 4.59. The molecule has 0 bridgehead atoms. The van der Waals surface area contributed by atoms with Gasteiger partial charge in [-0.15, -0.1) is 11.3 Å². The number of thiophene rings is 1. The Labute approximate surface area is 122 Å². The quantitative estimate of drug-likeness (QED) is 0.674. The minimum absolute atomic E-state index is 0.0969. The van der Waals surface area contributed by atoms with Crippen LogP contribution in [0.2, 0.25) is 0 Å². The van der Waals surface area contributed by atoms with Gasteiger partial charge in [0.15, 0.2) is 0 Å². The second-order valence-electron chi connectivity index (χ2n) is 6.16. The van der Waals surface area contributed by atoms with E-state index in [1.807, 2.05) is 12.1 Å². The zero-order valence-corrected chi connectivity index (χ0v) is 12.7. The van der Waals surface area contributed by atoms with E-state index in [0.29, 0.717) is 5.46 Å². The molecule has 0 aliphatic carbocycles. The maximum absolute atomic E-state index is 9.30. The molecule has 4 heteroatoms. The molecule has 2 nitrogen and oxygen atoms in total. The van der Waals surface area contributed by atoms with Gasteiger partial charge in [-0.1, -0.05) is 51.1 Å². The molecule has 0 aliphatic heterocycles. The van der Waals surface area contributed by atoms with E-state index >= 15 is 0 Å². The van der Waals surface area contributed by atoms with Crippen molar-refractivity contribution in [3.63, 3.8) is 0 Å². The third kappa shape index (κ3) is 2.14. The summed E-state index contributed by atoms with van der Waals surface area (Å²) in [5, 5.41) is 21.0. The average molecular weight is 284 g/mol. The first-order valence-electron chi connectivity index (χ1n) is 6.70. The van der Waals surface area contributed by atoms with Crippen molar-refractivity contribution in [3.05, 3.63) is 42.0 Å². The maximum atomic E-state index is 9.30. The monoisotopic (exact) mass is 284 g/mol. The highest BCUT2D eigenvalue weighted by Crippen LogP contribution is 2.39. The Morgan fingerprint density at radius 2 is 1.75 bits per heavy atom. The Balaban J connectivity index is 2.36. The van der Waals surface area contributed by atoms with Crippen LogP contribution in [0.15, 0.2) is 36.4 Å². The van der Waals surface area contributed by atoms with Gasteiger partial charge in [-0.25, -0.2) is 0 Å². The zero-order valence-electron chi connectivity index (χ0n) is 11.8. The molecule has 0 spiro atoms. The fourth-order valence-corrected chi connectivity index (χ4v) is 4.04. The molecule has 0 atom stereocenters. The van der Waals surface area contributed by atoms with E-state index in [9.17, 15) is 10.0 Å². The maximum Gasteiger partial charge on any atom is 0.488 e. The van der Waals surface area contributed by atoms with Crippen molar-refractivity contribution in [2.24, 2.45) is 0 Å². The molecule has 2 aromatic carbocycles. The van der Waals surface area contributed by atoms with Gasteiger partial charge in [-0.2, -0.15) is 0 Å². The van der Waals surface area contributed by atoms with Gasteiger partial charge in [-0.05, 0) is 22.5 Å². The number of benzene rings is 2. The van der Waals surface area contributed by atoms with Crippen LogP contribution >= 0.6 is 11.3 Å². The number of hydrogen-bond donors (Lipinski definition) is 2. The van der Waals surface area contributed by atoms with E-state index in [0.717, 1.165) is 4.70 Å². The molecule has 1 heterocycles. The van der Waals surface area contributed by atoms with Crippen LogP contribution in [-0.2, 0) is 5.41 Å². The van der Waals surface area contributed by atoms with Crippen molar-refractivity contribution in [2.75, 3.05) is 0 Å². The molecule has 20 heavy (non-hydrogen) atoms. The van der Waals surface area contributed by atoms with Crippen molar-refractivity contribution < 1.29 is 10.0 Å². The van der Waals surface area contributed by atoms with Crippen molar-refractivity contribution >= 4 is 44.1 Å². The van der Waals surface area contributed by atoms with E-state index in [4.69, 9.17) is 0 Å². The summed E-state index contributed by atoms with van der Waals surface area (Å²) in [6.07, 6.45) is 0. The molecule has 0 unspecified atom stereocenters. The van der Waals surface area contributed by atoms with Crippen LogP contribution in [0.25, 0.3) is 20.2 Å². The van der Waals surface area contributed by atoms with Crippen LogP contribution in [-0.4, -0.2) is 17.2 Å². The molecule has 0 aliphatic rings. The van der Waals surface area contributed by atoms with Crippen LogP contribution in [0, 0.1) is 0 Å². The summed E-state index contributed by atoms with van der Waals surface area (Å²) in [6.45, 7) is 6.65.